The summed E-state index contributed by atoms with van der Waals surface area (Å²) in [5.41, 5.74) is 2.60. The molecule has 7 heteroatoms. The highest BCUT2D eigenvalue weighted by Gasteiger charge is 2.17. The number of ether oxygens (including phenoxy) is 2. The van der Waals surface area contributed by atoms with E-state index in [1.807, 2.05) is 31.2 Å². The van der Waals surface area contributed by atoms with E-state index in [0.717, 1.165) is 16.1 Å². The average molecular weight is 339 g/mol. The monoisotopic (exact) mass is 339 g/mol. The molecule has 0 bridgehead atoms. The molecule has 4 rings (SSSR count). The molecule has 3 aromatic rings. The summed E-state index contributed by atoms with van der Waals surface area (Å²) in [6, 6.07) is 13.0. The van der Waals surface area contributed by atoms with Crippen LogP contribution in [0.3, 0.4) is 0 Å². The lowest BCUT2D eigenvalue weighted by atomic mass is 10.1. The highest BCUT2D eigenvalue weighted by Crippen LogP contribution is 2.33. The molecule has 2 heterocycles. The van der Waals surface area contributed by atoms with Crippen molar-refractivity contribution in [2.75, 3.05) is 12.1 Å². The van der Waals surface area contributed by atoms with Gasteiger partial charge in [0, 0.05) is 11.1 Å². The van der Waals surface area contributed by atoms with Gasteiger partial charge in [-0.3, -0.25) is 10.1 Å². The molecule has 0 radical (unpaired) electrons. The molecule has 6 nitrogen and oxygen atoms in total. The van der Waals surface area contributed by atoms with E-state index in [9.17, 15) is 4.79 Å². The number of hydrogen-bond acceptors (Lipinski definition) is 6. The van der Waals surface area contributed by atoms with Gasteiger partial charge in [-0.1, -0.05) is 35.6 Å². The largest absolute Gasteiger partial charge is 0.454 e. The van der Waals surface area contributed by atoms with Gasteiger partial charge in [0.2, 0.25) is 11.9 Å². The molecule has 120 valence electrons. The third kappa shape index (κ3) is 2.69. The molecular formula is C17H13N3O3S. The molecule has 1 aromatic heterocycles. The van der Waals surface area contributed by atoms with Crippen LogP contribution in [0.1, 0.15) is 15.9 Å². The van der Waals surface area contributed by atoms with Gasteiger partial charge in [-0.05, 0) is 30.7 Å². The Labute approximate surface area is 142 Å². The molecule has 0 unspecified atom stereocenters. The number of aromatic nitrogens is 2. The van der Waals surface area contributed by atoms with Gasteiger partial charge in [-0.2, -0.15) is 0 Å². The van der Waals surface area contributed by atoms with Crippen LogP contribution in [-0.4, -0.2) is 22.9 Å². The predicted octanol–water partition coefficient (Wildman–Crippen LogP) is 3.49. The lowest BCUT2D eigenvalue weighted by Gasteiger charge is -2.02. The first kappa shape index (κ1) is 14.6. The van der Waals surface area contributed by atoms with Crippen LogP contribution in [-0.2, 0) is 0 Å². The SMILES string of the molecule is Cc1ccccc1-c1nnc(NC(=O)c2ccc3c(c2)OCO3)s1. The molecule has 1 aliphatic heterocycles. The van der Waals surface area contributed by atoms with Gasteiger partial charge < -0.3 is 9.47 Å². The van der Waals surface area contributed by atoms with Crippen molar-refractivity contribution in [2.24, 2.45) is 0 Å². The zero-order valence-electron chi connectivity index (χ0n) is 12.8. The van der Waals surface area contributed by atoms with Gasteiger partial charge in [-0.15, -0.1) is 10.2 Å². The van der Waals surface area contributed by atoms with Crippen LogP contribution in [0.4, 0.5) is 5.13 Å². The molecule has 0 fully saturated rings. The third-order valence-electron chi connectivity index (χ3n) is 3.66. The first-order valence-electron chi connectivity index (χ1n) is 7.31. The Morgan fingerprint density at radius 2 is 1.96 bits per heavy atom. The second-order valence-electron chi connectivity index (χ2n) is 5.25. The zero-order valence-corrected chi connectivity index (χ0v) is 13.6. The fourth-order valence-electron chi connectivity index (χ4n) is 2.40. The Morgan fingerprint density at radius 1 is 1.12 bits per heavy atom. The van der Waals surface area contributed by atoms with Gasteiger partial charge in [0.1, 0.15) is 5.01 Å². The molecule has 0 atom stereocenters. The Hall–Kier alpha value is -2.93. The molecule has 2 aromatic carbocycles. The average Bonchev–Trinajstić information content (AvgIpc) is 3.23. The Kier molecular flexibility index (Phi) is 3.62. The summed E-state index contributed by atoms with van der Waals surface area (Å²) < 4.78 is 10.5. The molecule has 0 saturated heterocycles. The van der Waals surface area contributed by atoms with E-state index >= 15 is 0 Å². The summed E-state index contributed by atoms with van der Waals surface area (Å²) in [6.07, 6.45) is 0. The number of nitrogens with one attached hydrogen (secondary N) is 1. The molecule has 0 spiro atoms. The van der Waals surface area contributed by atoms with Gasteiger partial charge >= 0.3 is 0 Å². The van der Waals surface area contributed by atoms with E-state index in [0.29, 0.717) is 22.2 Å². The summed E-state index contributed by atoms with van der Waals surface area (Å²) in [6.45, 7) is 2.19. The normalized spacial score (nSPS) is 12.2. The van der Waals surface area contributed by atoms with Crippen molar-refractivity contribution in [1.82, 2.24) is 10.2 Å². The van der Waals surface area contributed by atoms with E-state index in [2.05, 4.69) is 15.5 Å². The molecular weight excluding hydrogens is 326 g/mol. The second-order valence-corrected chi connectivity index (χ2v) is 6.23. The van der Waals surface area contributed by atoms with E-state index in [-0.39, 0.29) is 12.7 Å². The van der Waals surface area contributed by atoms with Crippen molar-refractivity contribution in [3.05, 3.63) is 53.6 Å². The van der Waals surface area contributed by atoms with Crippen molar-refractivity contribution in [3.63, 3.8) is 0 Å². The van der Waals surface area contributed by atoms with Crippen LogP contribution < -0.4 is 14.8 Å². The van der Waals surface area contributed by atoms with E-state index < -0.39 is 0 Å². The van der Waals surface area contributed by atoms with Crippen LogP contribution in [0, 0.1) is 6.92 Å². The van der Waals surface area contributed by atoms with E-state index in [1.54, 1.807) is 18.2 Å². The van der Waals surface area contributed by atoms with E-state index in [1.165, 1.54) is 11.3 Å². The van der Waals surface area contributed by atoms with Gasteiger partial charge in [-0.25, -0.2) is 0 Å². The summed E-state index contributed by atoms with van der Waals surface area (Å²) >= 11 is 1.34. The quantitative estimate of drug-likeness (QED) is 0.791. The summed E-state index contributed by atoms with van der Waals surface area (Å²) in [5.74, 6) is 0.950. The highest BCUT2D eigenvalue weighted by atomic mass is 32.1. The Morgan fingerprint density at radius 3 is 2.83 bits per heavy atom. The molecule has 1 aliphatic rings. The van der Waals surface area contributed by atoms with Crippen LogP contribution in [0.2, 0.25) is 0 Å². The third-order valence-corrected chi connectivity index (χ3v) is 4.53. The number of fused-ring (bicyclic) bond motifs is 1. The summed E-state index contributed by atoms with van der Waals surface area (Å²) in [7, 11) is 0. The Bertz CT molecular complexity index is 923. The van der Waals surface area contributed by atoms with Crippen LogP contribution in [0.15, 0.2) is 42.5 Å². The van der Waals surface area contributed by atoms with Crippen molar-refractivity contribution in [2.45, 2.75) is 6.92 Å². The first-order chi connectivity index (χ1) is 11.7. The maximum Gasteiger partial charge on any atom is 0.257 e. The number of rotatable bonds is 3. The number of anilines is 1. The van der Waals surface area contributed by atoms with Gasteiger partial charge in [0.05, 0.1) is 0 Å². The van der Waals surface area contributed by atoms with Crippen LogP contribution >= 0.6 is 11.3 Å². The number of hydrogen-bond donors (Lipinski definition) is 1. The van der Waals surface area contributed by atoms with Gasteiger partial charge in [0.25, 0.3) is 5.91 Å². The molecule has 1 amide bonds. The summed E-state index contributed by atoms with van der Waals surface area (Å²) in [5, 5.41) is 12.2. The molecule has 1 N–H and O–H groups in total. The lowest BCUT2D eigenvalue weighted by molar-refractivity contribution is 0.102. The minimum absolute atomic E-state index is 0.177. The lowest BCUT2D eigenvalue weighted by Crippen LogP contribution is -2.11. The maximum absolute atomic E-state index is 12.4. The molecule has 0 aliphatic carbocycles. The predicted molar refractivity (Wildman–Crippen MR) is 90.6 cm³/mol. The number of aryl methyl sites for hydroxylation is 1. The van der Waals surface area contributed by atoms with Crippen molar-refractivity contribution in [3.8, 4) is 22.1 Å². The second kappa shape index (κ2) is 5.93. The van der Waals surface area contributed by atoms with E-state index in [4.69, 9.17) is 9.47 Å². The highest BCUT2D eigenvalue weighted by molar-refractivity contribution is 7.18. The van der Waals surface area contributed by atoms with Crippen molar-refractivity contribution in [1.29, 1.82) is 0 Å². The topological polar surface area (TPSA) is 73.3 Å². The minimum Gasteiger partial charge on any atom is -0.454 e. The molecule has 24 heavy (non-hydrogen) atoms. The van der Waals surface area contributed by atoms with Gasteiger partial charge in [0.15, 0.2) is 11.5 Å². The number of amides is 1. The van der Waals surface area contributed by atoms with Crippen molar-refractivity contribution >= 4 is 22.4 Å². The maximum atomic E-state index is 12.4. The minimum atomic E-state index is -0.263. The first-order valence-corrected chi connectivity index (χ1v) is 8.13. The fourth-order valence-corrected chi connectivity index (χ4v) is 3.23. The standard InChI is InChI=1S/C17H13N3O3S/c1-10-4-2-3-5-12(10)16-19-20-17(24-16)18-15(21)11-6-7-13-14(8-11)23-9-22-13/h2-8H,9H2,1H3,(H,18,20,21). The zero-order chi connectivity index (χ0) is 16.5. The number of benzene rings is 2. The van der Waals surface area contributed by atoms with Crippen molar-refractivity contribution < 1.29 is 14.3 Å². The molecule has 0 saturated carbocycles. The summed E-state index contributed by atoms with van der Waals surface area (Å²) in [4.78, 5) is 12.4. The number of carbonyl (C=O) groups excluding carboxylic acids is 1. The number of nitrogens with zero attached hydrogens (tertiary/aromatic N) is 2. The fraction of sp³-hybridized carbons (Fsp3) is 0.118. The van der Waals surface area contributed by atoms with Crippen LogP contribution in [0.5, 0.6) is 11.5 Å². The Balaban J connectivity index is 1.54. The number of carbonyl (C=O) groups is 1. The smallest absolute Gasteiger partial charge is 0.257 e. The van der Waals surface area contributed by atoms with Crippen LogP contribution in [0.25, 0.3) is 10.6 Å².